The number of allylic oxidation sites excluding steroid dienone is 4. The number of halogens is 4. The van der Waals surface area contributed by atoms with Crippen molar-refractivity contribution in [1.82, 2.24) is 5.32 Å². The SMILES string of the molecule is CC(=O)c1c(O)c(C)c(O)c2c1OC1=CC(=O)/C(=C(/C)NCCCCCC(=O)Nc3ccc(Cl)c(C(F)(F)F)c3)C(=O)C12C. The Kier molecular flexibility index (Phi) is 8.88. The van der Waals surface area contributed by atoms with Gasteiger partial charge in [-0.3, -0.25) is 19.2 Å². The second kappa shape index (κ2) is 12.0. The second-order valence-electron chi connectivity index (χ2n) is 10.9. The van der Waals surface area contributed by atoms with Crippen molar-refractivity contribution in [1.29, 1.82) is 0 Å². The number of fused-ring (bicyclic) bond motifs is 3. The van der Waals surface area contributed by atoms with E-state index in [9.17, 15) is 42.6 Å². The van der Waals surface area contributed by atoms with E-state index in [1.165, 1.54) is 26.8 Å². The number of phenolic OH excluding ortho intramolecular Hbond substituents is 2. The first-order valence-electron chi connectivity index (χ1n) is 13.7. The molecule has 1 unspecified atom stereocenters. The average Bonchev–Trinajstić information content (AvgIpc) is 3.22. The maximum atomic E-state index is 13.8. The number of amides is 1. The number of Topliss-reactive ketones (excluding diaryl/α,β-unsaturated/α-hetero) is 2. The van der Waals surface area contributed by atoms with Gasteiger partial charge in [-0.15, -0.1) is 0 Å². The van der Waals surface area contributed by atoms with E-state index in [0.29, 0.717) is 25.8 Å². The second-order valence-corrected chi connectivity index (χ2v) is 11.3. The fraction of sp³-hybridized carbons (Fsp3) is 0.355. The van der Waals surface area contributed by atoms with Crippen LogP contribution in [0.2, 0.25) is 5.02 Å². The smallest absolute Gasteiger partial charge is 0.417 e. The number of benzene rings is 2. The molecule has 2 aromatic carbocycles. The minimum Gasteiger partial charge on any atom is -0.507 e. The molecule has 2 aliphatic rings. The highest BCUT2D eigenvalue weighted by molar-refractivity contribution is 6.32. The lowest BCUT2D eigenvalue weighted by Gasteiger charge is -2.29. The number of nitrogens with one attached hydrogen (secondary N) is 2. The summed E-state index contributed by atoms with van der Waals surface area (Å²) in [5.74, 6) is -3.39. The van der Waals surface area contributed by atoms with Gasteiger partial charge in [0.1, 0.15) is 34.0 Å². The van der Waals surface area contributed by atoms with E-state index >= 15 is 0 Å². The van der Waals surface area contributed by atoms with Crippen molar-refractivity contribution in [3.63, 3.8) is 0 Å². The number of carbonyl (C=O) groups excluding carboxylic acids is 4. The van der Waals surface area contributed by atoms with Crippen LogP contribution in [0.15, 0.2) is 41.3 Å². The topological polar surface area (TPSA) is 142 Å². The molecule has 4 rings (SSSR count). The van der Waals surface area contributed by atoms with Gasteiger partial charge in [-0.1, -0.05) is 18.0 Å². The normalized spacial score (nSPS) is 18.7. The highest BCUT2D eigenvalue weighted by Gasteiger charge is 2.56. The third-order valence-corrected chi connectivity index (χ3v) is 8.12. The summed E-state index contributed by atoms with van der Waals surface area (Å²) in [5, 5.41) is 26.4. The third-order valence-electron chi connectivity index (χ3n) is 7.79. The number of aromatic hydroxyl groups is 2. The molecule has 2 aromatic rings. The van der Waals surface area contributed by atoms with Crippen LogP contribution in [0.5, 0.6) is 17.2 Å². The summed E-state index contributed by atoms with van der Waals surface area (Å²) in [7, 11) is 0. The Balaban J connectivity index is 1.39. The van der Waals surface area contributed by atoms with Gasteiger partial charge in [0.15, 0.2) is 17.3 Å². The molecule has 234 valence electrons. The molecule has 9 nitrogen and oxygen atoms in total. The molecule has 0 fully saturated rings. The summed E-state index contributed by atoms with van der Waals surface area (Å²) in [4.78, 5) is 51.4. The Morgan fingerprint density at radius 2 is 1.75 bits per heavy atom. The van der Waals surface area contributed by atoms with Crippen molar-refractivity contribution in [3.05, 3.63) is 68.6 Å². The van der Waals surface area contributed by atoms with Gasteiger partial charge in [0, 0.05) is 36.0 Å². The summed E-state index contributed by atoms with van der Waals surface area (Å²) < 4.78 is 44.9. The predicted molar refractivity (Wildman–Crippen MR) is 155 cm³/mol. The lowest BCUT2D eigenvalue weighted by atomic mass is 9.70. The largest absolute Gasteiger partial charge is 0.507 e. The Morgan fingerprint density at radius 3 is 2.39 bits per heavy atom. The van der Waals surface area contributed by atoms with E-state index in [1.807, 2.05) is 0 Å². The van der Waals surface area contributed by atoms with Crippen LogP contribution in [-0.2, 0) is 26.0 Å². The predicted octanol–water partition coefficient (Wildman–Crippen LogP) is 6.03. The summed E-state index contributed by atoms with van der Waals surface area (Å²) in [6.07, 6.45) is -1.91. The van der Waals surface area contributed by atoms with E-state index in [2.05, 4.69) is 10.6 Å². The average molecular weight is 635 g/mol. The first-order valence-corrected chi connectivity index (χ1v) is 14.1. The Labute approximate surface area is 255 Å². The number of hydrogen-bond donors (Lipinski definition) is 4. The zero-order valence-corrected chi connectivity index (χ0v) is 25.0. The minimum absolute atomic E-state index is 0.00134. The number of rotatable bonds is 9. The fourth-order valence-electron chi connectivity index (χ4n) is 5.36. The maximum absolute atomic E-state index is 13.8. The quantitative estimate of drug-likeness (QED) is 0.113. The Bertz CT molecular complexity index is 1660. The van der Waals surface area contributed by atoms with Crippen LogP contribution in [0.1, 0.15) is 73.5 Å². The van der Waals surface area contributed by atoms with E-state index in [0.717, 1.165) is 18.2 Å². The molecule has 0 saturated carbocycles. The van der Waals surface area contributed by atoms with Crippen LogP contribution in [0.3, 0.4) is 0 Å². The first kappa shape index (κ1) is 32.6. The summed E-state index contributed by atoms with van der Waals surface area (Å²) >= 11 is 5.60. The molecule has 1 atom stereocenters. The standard InChI is InChI=1S/C31H30ClF3N2O7/c1-14-26(41)24(16(3)38)28-25(27(14)42)30(4)21(44-28)13-20(39)23(29(30)43)15(2)36-11-7-5-6-8-22(40)37-17-9-10-19(32)18(12-17)31(33,34)35/h9-10,12-13,36,41-42H,5-8,11H2,1-4H3,(H,37,40)/b23-15+. The molecule has 1 aliphatic heterocycles. The number of phenols is 2. The van der Waals surface area contributed by atoms with Gasteiger partial charge in [-0.2, -0.15) is 13.2 Å². The van der Waals surface area contributed by atoms with E-state index in [1.54, 1.807) is 6.92 Å². The lowest BCUT2D eigenvalue weighted by Crippen LogP contribution is -2.41. The summed E-state index contributed by atoms with van der Waals surface area (Å²) in [5.41, 5.74) is -2.74. The van der Waals surface area contributed by atoms with Crippen LogP contribution in [0.4, 0.5) is 18.9 Å². The van der Waals surface area contributed by atoms with Crippen LogP contribution in [-0.4, -0.2) is 40.0 Å². The number of ketones is 3. The number of unbranched alkanes of at least 4 members (excludes halogenated alkanes) is 2. The third kappa shape index (κ3) is 5.78. The molecule has 4 N–H and O–H groups in total. The molecular weight excluding hydrogens is 605 g/mol. The fourth-order valence-corrected chi connectivity index (χ4v) is 5.58. The highest BCUT2D eigenvalue weighted by Crippen LogP contribution is 2.57. The molecule has 0 spiro atoms. The molecule has 0 radical (unpaired) electrons. The zero-order chi connectivity index (χ0) is 32.7. The molecule has 13 heteroatoms. The monoisotopic (exact) mass is 634 g/mol. The lowest BCUT2D eigenvalue weighted by molar-refractivity contribution is -0.137. The number of carbonyl (C=O) groups is 4. The molecule has 0 aromatic heterocycles. The van der Waals surface area contributed by atoms with Gasteiger partial charge in [-0.25, -0.2) is 0 Å². The summed E-state index contributed by atoms with van der Waals surface area (Å²) in [6, 6.07) is 3.13. The van der Waals surface area contributed by atoms with Gasteiger partial charge in [0.05, 0.1) is 21.7 Å². The van der Waals surface area contributed by atoms with Crippen LogP contribution >= 0.6 is 11.6 Å². The van der Waals surface area contributed by atoms with Gasteiger partial charge in [-0.05, 0) is 58.7 Å². The van der Waals surface area contributed by atoms with Crippen molar-refractivity contribution >= 4 is 40.5 Å². The van der Waals surface area contributed by atoms with Gasteiger partial charge in [0.2, 0.25) is 5.91 Å². The van der Waals surface area contributed by atoms with Crippen LogP contribution < -0.4 is 15.4 Å². The zero-order valence-electron chi connectivity index (χ0n) is 24.3. The molecule has 1 aliphatic carbocycles. The van der Waals surface area contributed by atoms with Crippen molar-refractivity contribution in [3.8, 4) is 17.2 Å². The van der Waals surface area contributed by atoms with Gasteiger partial charge < -0.3 is 25.6 Å². The molecular formula is C31H30ClF3N2O7. The highest BCUT2D eigenvalue weighted by atomic mass is 35.5. The van der Waals surface area contributed by atoms with Crippen LogP contribution in [0.25, 0.3) is 0 Å². The van der Waals surface area contributed by atoms with E-state index in [-0.39, 0.29) is 51.6 Å². The van der Waals surface area contributed by atoms with Gasteiger partial charge in [0.25, 0.3) is 0 Å². The first-order chi connectivity index (χ1) is 20.5. The summed E-state index contributed by atoms with van der Waals surface area (Å²) in [6.45, 7) is 5.99. The number of alkyl halides is 3. The van der Waals surface area contributed by atoms with E-state index in [4.69, 9.17) is 16.3 Å². The van der Waals surface area contributed by atoms with E-state index < -0.39 is 56.9 Å². The number of ether oxygens (including phenoxy) is 1. The molecule has 1 heterocycles. The molecule has 44 heavy (non-hydrogen) atoms. The minimum atomic E-state index is -4.65. The maximum Gasteiger partial charge on any atom is 0.417 e. The van der Waals surface area contributed by atoms with Crippen molar-refractivity contribution in [2.24, 2.45) is 0 Å². The molecule has 0 bridgehead atoms. The van der Waals surface area contributed by atoms with Crippen molar-refractivity contribution in [2.45, 2.75) is 65.0 Å². The molecule has 0 saturated heterocycles. The van der Waals surface area contributed by atoms with Crippen molar-refractivity contribution < 1.29 is 47.3 Å². The van der Waals surface area contributed by atoms with Gasteiger partial charge >= 0.3 is 6.18 Å². The van der Waals surface area contributed by atoms with Crippen molar-refractivity contribution in [2.75, 3.05) is 11.9 Å². The molecule has 1 amide bonds. The van der Waals surface area contributed by atoms with Crippen LogP contribution in [0, 0.1) is 6.92 Å². The Hall–Kier alpha value is -4.32. The number of anilines is 1. The Morgan fingerprint density at radius 1 is 1.07 bits per heavy atom. The number of hydrogen-bond acceptors (Lipinski definition) is 8.